The minimum absolute atomic E-state index is 0.190. The molecule has 2 N–H and O–H groups in total. The fourth-order valence-electron chi connectivity index (χ4n) is 3.48. The number of esters is 2. The Balaban J connectivity index is 1.66. The lowest BCUT2D eigenvalue weighted by Crippen LogP contribution is -2.39. The number of carbonyl (C=O) groups is 2. The second kappa shape index (κ2) is 9.09. The van der Waals surface area contributed by atoms with Gasteiger partial charge in [0.15, 0.2) is 29.9 Å². The number of hydrogen-bond donors (Lipinski definition) is 1. The van der Waals surface area contributed by atoms with Gasteiger partial charge in [0.25, 0.3) is 0 Å². The molecule has 1 saturated heterocycles. The molecule has 3 heterocycles. The summed E-state index contributed by atoms with van der Waals surface area (Å²) in [5.74, 6) is -0.911. The molecule has 1 fully saturated rings. The summed E-state index contributed by atoms with van der Waals surface area (Å²) in [6.45, 7) is 2.53. The van der Waals surface area contributed by atoms with E-state index in [1.165, 1.54) is 50.4 Å². The van der Waals surface area contributed by atoms with E-state index in [2.05, 4.69) is 15.0 Å². The van der Waals surface area contributed by atoms with Crippen molar-refractivity contribution in [3.05, 3.63) is 42.7 Å². The first-order valence-corrected chi connectivity index (χ1v) is 10.6. The zero-order chi connectivity index (χ0) is 22.8. The molecule has 1 unspecified atom stereocenters. The van der Waals surface area contributed by atoms with E-state index >= 15 is 0 Å². The lowest BCUT2D eigenvalue weighted by atomic mass is 10.1. The van der Waals surface area contributed by atoms with Crippen molar-refractivity contribution in [1.82, 2.24) is 19.5 Å². The van der Waals surface area contributed by atoms with Gasteiger partial charge in [0.1, 0.15) is 23.8 Å². The molecule has 4 rings (SSSR count). The van der Waals surface area contributed by atoms with Crippen molar-refractivity contribution < 1.29 is 28.2 Å². The number of imidazole rings is 1. The number of ether oxygens (including phenoxy) is 3. The minimum atomic E-state index is -0.955. The van der Waals surface area contributed by atoms with Gasteiger partial charge in [-0.15, -0.1) is 11.8 Å². The van der Waals surface area contributed by atoms with E-state index < -0.39 is 36.5 Å². The second-order valence-corrected chi connectivity index (χ2v) is 8.15. The molecule has 12 heteroatoms. The van der Waals surface area contributed by atoms with E-state index in [-0.39, 0.29) is 11.6 Å². The van der Waals surface area contributed by atoms with Gasteiger partial charge in [-0.25, -0.2) is 19.3 Å². The Labute approximate surface area is 186 Å². The predicted molar refractivity (Wildman–Crippen MR) is 112 cm³/mol. The van der Waals surface area contributed by atoms with Crippen LogP contribution in [0, 0.1) is 5.82 Å². The van der Waals surface area contributed by atoms with Crippen LogP contribution >= 0.6 is 11.8 Å². The van der Waals surface area contributed by atoms with Crippen LogP contribution in [0.15, 0.2) is 41.8 Å². The van der Waals surface area contributed by atoms with Crippen LogP contribution in [-0.2, 0) is 23.8 Å². The summed E-state index contributed by atoms with van der Waals surface area (Å²) in [4.78, 5) is 36.8. The first-order chi connectivity index (χ1) is 15.3. The van der Waals surface area contributed by atoms with Gasteiger partial charge in [-0.1, -0.05) is 0 Å². The number of fused-ring (bicyclic) bond motifs is 1. The van der Waals surface area contributed by atoms with Crippen LogP contribution in [0.2, 0.25) is 0 Å². The number of aromatic nitrogens is 4. The number of nitrogens with two attached hydrogens (primary N) is 1. The first-order valence-electron chi connectivity index (χ1n) is 9.64. The van der Waals surface area contributed by atoms with Crippen molar-refractivity contribution in [2.75, 3.05) is 11.5 Å². The fraction of sp³-hybridized carbons (Fsp3) is 0.350. The molecule has 1 aliphatic heterocycles. The quantitative estimate of drug-likeness (QED) is 0.430. The zero-order valence-electron chi connectivity index (χ0n) is 17.2. The van der Waals surface area contributed by atoms with E-state index in [0.29, 0.717) is 16.9 Å². The molecule has 0 bridgehead atoms. The summed E-state index contributed by atoms with van der Waals surface area (Å²) >= 11 is 1.39. The zero-order valence-corrected chi connectivity index (χ0v) is 18.0. The van der Waals surface area contributed by atoms with Crippen LogP contribution in [0.1, 0.15) is 20.1 Å². The highest BCUT2D eigenvalue weighted by molar-refractivity contribution is 7.99. The molecule has 10 nitrogen and oxygen atoms in total. The van der Waals surface area contributed by atoms with Gasteiger partial charge in [-0.05, 0) is 24.3 Å². The Morgan fingerprint density at radius 3 is 2.50 bits per heavy atom. The third kappa shape index (κ3) is 4.50. The molecular formula is C20H20FN5O5S. The molecule has 0 saturated carbocycles. The molecule has 1 aliphatic rings. The van der Waals surface area contributed by atoms with Gasteiger partial charge in [0.2, 0.25) is 0 Å². The van der Waals surface area contributed by atoms with Crippen LogP contribution < -0.4 is 5.73 Å². The number of benzene rings is 1. The summed E-state index contributed by atoms with van der Waals surface area (Å²) < 4.78 is 32.0. The average Bonchev–Trinajstić information content (AvgIpc) is 3.30. The van der Waals surface area contributed by atoms with Gasteiger partial charge in [0.05, 0.1) is 6.33 Å². The van der Waals surface area contributed by atoms with E-state index in [4.69, 9.17) is 19.9 Å². The second-order valence-electron chi connectivity index (χ2n) is 7.06. The number of halogens is 1. The number of carbonyl (C=O) groups excluding carboxylic acids is 2. The van der Waals surface area contributed by atoms with Gasteiger partial charge >= 0.3 is 11.9 Å². The highest BCUT2D eigenvalue weighted by atomic mass is 32.2. The van der Waals surface area contributed by atoms with Crippen LogP contribution in [0.4, 0.5) is 10.2 Å². The Morgan fingerprint density at radius 2 is 1.81 bits per heavy atom. The molecule has 0 amide bonds. The molecule has 3 aromatic rings. The molecule has 0 spiro atoms. The number of anilines is 1. The summed E-state index contributed by atoms with van der Waals surface area (Å²) in [6.07, 6.45) is -0.607. The standard InChI is InChI=1S/C20H20FN5O5S/c1-10(27)29-16-14(7-32-13-5-3-12(21)4-6-13)31-20(17(16)30-11(2)28)26-9-25-15-18(22)23-8-24-19(15)26/h3-6,8-9,14,16-17,20H,7H2,1-2H3,(H2,22,23,24)/t14?,16-,17-,20-/m1/s1. The number of thioether (sulfide) groups is 1. The third-order valence-corrected chi connectivity index (χ3v) is 5.88. The topological polar surface area (TPSA) is 131 Å². The Kier molecular flexibility index (Phi) is 6.24. The molecule has 1 aromatic carbocycles. The van der Waals surface area contributed by atoms with Crippen LogP contribution in [0.25, 0.3) is 11.2 Å². The fourth-order valence-corrected chi connectivity index (χ4v) is 4.44. The van der Waals surface area contributed by atoms with Crippen molar-refractivity contribution in [2.24, 2.45) is 0 Å². The van der Waals surface area contributed by atoms with Crippen molar-refractivity contribution in [3.63, 3.8) is 0 Å². The number of nitrogen functional groups attached to an aromatic ring is 1. The number of nitrogens with zero attached hydrogens (tertiary/aromatic N) is 4. The van der Waals surface area contributed by atoms with E-state index in [1.807, 2.05) is 0 Å². The largest absolute Gasteiger partial charge is 0.456 e. The van der Waals surface area contributed by atoms with Gasteiger partial charge in [-0.2, -0.15) is 0 Å². The minimum Gasteiger partial charge on any atom is -0.456 e. The van der Waals surface area contributed by atoms with Gasteiger partial charge in [0, 0.05) is 24.5 Å². The van der Waals surface area contributed by atoms with Crippen molar-refractivity contribution in [1.29, 1.82) is 0 Å². The van der Waals surface area contributed by atoms with Crippen LogP contribution in [0.3, 0.4) is 0 Å². The van der Waals surface area contributed by atoms with Gasteiger partial charge in [-0.3, -0.25) is 14.2 Å². The van der Waals surface area contributed by atoms with Gasteiger partial charge < -0.3 is 19.9 Å². The molecule has 4 atom stereocenters. The lowest BCUT2D eigenvalue weighted by Gasteiger charge is -2.23. The maximum absolute atomic E-state index is 13.2. The average molecular weight is 461 g/mol. The number of hydrogen-bond acceptors (Lipinski definition) is 10. The molecule has 2 aromatic heterocycles. The highest BCUT2D eigenvalue weighted by Crippen LogP contribution is 2.38. The summed E-state index contributed by atoms with van der Waals surface area (Å²) in [5.41, 5.74) is 6.62. The van der Waals surface area contributed by atoms with E-state index in [0.717, 1.165) is 4.90 Å². The van der Waals surface area contributed by atoms with E-state index in [9.17, 15) is 14.0 Å². The van der Waals surface area contributed by atoms with Crippen molar-refractivity contribution in [2.45, 2.75) is 43.3 Å². The molecule has 168 valence electrons. The highest BCUT2D eigenvalue weighted by Gasteiger charge is 2.50. The molecule has 32 heavy (non-hydrogen) atoms. The maximum Gasteiger partial charge on any atom is 0.303 e. The first kappa shape index (κ1) is 22.0. The Hall–Kier alpha value is -3.25. The summed E-state index contributed by atoms with van der Waals surface area (Å²) in [7, 11) is 0. The predicted octanol–water partition coefficient (Wildman–Crippen LogP) is 2.10. The van der Waals surface area contributed by atoms with Crippen molar-refractivity contribution >= 4 is 40.7 Å². The molecular weight excluding hydrogens is 441 g/mol. The summed E-state index contributed by atoms with van der Waals surface area (Å²) in [5, 5.41) is 0. The summed E-state index contributed by atoms with van der Waals surface area (Å²) in [6, 6.07) is 5.99. The molecule has 0 aliphatic carbocycles. The maximum atomic E-state index is 13.2. The Morgan fingerprint density at radius 1 is 1.12 bits per heavy atom. The van der Waals surface area contributed by atoms with Crippen molar-refractivity contribution in [3.8, 4) is 0 Å². The monoisotopic (exact) mass is 461 g/mol. The third-order valence-electron chi connectivity index (χ3n) is 4.78. The normalized spacial score (nSPS) is 22.7. The molecule has 0 radical (unpaired) electrons. The van der Waals surface area contributed by atoms with E-state index in [1.54, 1.807) is 16.7 Å². The lowest BCUT2D eigenvalue weighted by molar-refractivity contribution is -0.165. The SMILES string of the molecule is CC(=O)O[C@@H]1[C@H](OC(C)=O)C(CSc2ccc(F)cc2)O[C@H]1n1cnc2c(N)ncnc21. The Bertz CT molecular complexity index is 1140. The van der Waals surface area contributed by atoms with Crippen LogP contribution in [-0.4, -0.2) is 55.5 Å². The smallest absolute Gasteiger partial charge is 0.303 e. The number of rotatable bonds is 6. The van der Waals surface area contributed by atoms with Crippen LogP contribution in [0.5, 0.6) is 0 Å².